The summed E-state index contributed by atoms with van der Waals surface area (Å²) in [5.41, 5.74) is 5.25. The Balaban J connectivity index is 1.64. The summed E-state index contributed by atoms with van der Waals surface area (Å²) in [5, 5.41) is 29.5. The molecule has 0 bridgehead atoms. The standard InChI is InChI=1S/C24H27NO3S/c1-29-24-10-19(13-25)18(8-15-2-4-16(5-3-15)17-6-7-17)9-22(24)23-12-20(27)11-21(14-26)28-23/h2-5,9-10,17,20-21,23,26-27H,6-8,11-12,14H2,1H3. The fraction of sp³-hybridized carbons (Fsp3) is 0.458. The van der Waals surface area contributed by atoms with Crippen LogP contribution < -0.4 is 0 Å². The maximum Gasteiger partial charge on any atom is 0.0995 e. The molecule has 0 spiro atoms. The monoisotopic (exact) mass is 409 g/mol. The number of thioether (sulfide) groups is 1. The summed E-state index contributed by atoms with van der Waals surface area (Å²) < 4.78 is 6.06. The Morgan fingerprint density at radius 3 is 2.55 bits per heavy atom. The average Bonchev–Trinajstić information content (AvgIpc) is 3.59. The van der Waals surface area contributed by atoms with E-state index in [1.54, 1.807) is 11.8 Å². The summed E-state index contributed by atoms with van der Waals surface area (Å²) in [6.45, 7) is -0.0986. The van der Waals surface area contributed by atoms with Crippen LogP contribution in [0.5, 0.6) is 0 Å². The van der Waals surface area contributed by atoms with Crippen molar-refractivity contribution in [2.45, 2.75) is 61.2 Å². The van der Waals surface area contributed by atoms with E-state index < -0.39 is 6.10 Å². The first kappa shape index (κ1) is 20.4. The Labute approximate surface area is 176 Å². The van der Waals surface area contributed by atoms with Gasteiger partial charge in [-0.25, -0.2) is 0 Å². The van der Waals surface area contributed by atoms with E-state index in [9.17, 15) is 15.5 Å². The summed E-state index contributed by atoms with van der Waals surface area (Å²) in [6, 6.07) is 15.1. The van der Waals surface area contributed by atoms with Gasteiger partial charge in [-0.15, -0.1) is 11.8 Å². The van der Waals surface area contributed by atoms with E-state index in [1.165, 1.54) is 24.0 Å². The van der Waals surface area contributed by atoms with Crippen molar-refractivity contribution in [1.82, 2.24) is 0 Å². The highest BCUT2D eigenvalue weighted by Crippen LogP contribution is 2.40. The summed E-state index contributed by atoms with van der Waals surface area (Å²) in [5.74, 6) is 0.737. The van der Waals surface area contributed by atoms with Crippen molar-refractivity contribution >= 4 is 11.8 Å². The molecule has 29 heavy (non-hydrogen) atoms. The van der Waals surface area contributed by atoms with Crippen molar-refractivity contribution in [3.8, 4) is 6.07 Å². The first-order valence-corrected chi connectivity index (χ1v) is 11.5. The summed E-state index contributed by atoms with van der Waals surface area (Å²) in [4.78, 5) is 0.991. The van der Waals surface area contributed by atoms with E-state index in [4.69, 9.17) is 4.74 Å². The fourth-order valence-corrected chi connectivity index (χ4v) is 4.84. The van der Waals surface area contributed by atoms with Crippen LogP contribution in [0.3, 0.4) is 0 Å². The first-order valence-electron chi connectivity index (χ1n) is 10.3. The molecule has 3 atom stereocenters. The number of ether oxygens (including phenoxy) is 1. The molecule has 2 aromatic carbocycles. The SMILES string of the molecule is CSc1cc(C#N)c(Cc2ccc(C3CC3)cc2)cc1C1CC(O)CC(CO)O1. The molecule has 2 fully saturated rings. The van der Waals surface area contributed by atoms with Crippen molar-refractivity contribution < 1.29 is 14.9 Å². The van der Waals surface area contributed by atoms with Crippen LogP contribution in [0.25, 0.3) is 0 Å². The Bertz CT molecular complexity index is 902. The van der Waals surface area contributed by atoms with Gasteiger partial charge in [-0.1, -0.05) is 30.3 Å². The van der Waals surface area contributed by atoms with Gasteiger partial charge in [0, 0.05) is 17.7 Å². The molecule has 3 unspecified atom stereocenters. The van der Waals surface area contributed by atoms with E-state index in [0.717, 1.165) is 21.9 Å². The molecule has 2 aliphatic rings. The number of rotatable bonds is 6. The van der Waals surface area contributed by atoms with Gasteiger partial charge in [0.05, 0.1) is 36.6 Å². The number of hydrogen-bond acceptors (Lipinski definition) is 5. The van der Waals surface area contributed by atoms with Gasteiger partial charge in [0.15, 0.2) is 0 Å². The third kappa shape index (κ3) is 4.67. The predicted octanol–water partition coefficient (Wildman–Crippen LogP) is 4.32. The maximum atomic E-state index is 10.2. The van der Waals surface area contributed by atoms with Crippen molar-refractivity contribution in [1.29, 1.82) is 5.26 Å². The molecule has 1 aliphatic carbocycles. The highest BCUT2D eigenvalue weighted by Gasteiger charge is 2.31. The van der Waals surface area contributed by atoms with Gasteiger partial charge in [0.1, 0.15) is 0 Å². The van der Waals surface area contributed by atoms with Crippen LogP contribution in [0.4, 0.5) is 0 Å². The molecule has 1 saturated carbocycles. The molecule has 0 radical (unpaired) electrons. The topological polar surface area (TPSA) is 73.5 Å². The van der Waals surface area contributed by atoms with Gasteiger partial charge >= 0.3 is 0 Å². The smallest absolute Gasteiger partial charge is 0.0995 e. The average molecular weight is 410 g/mol. The quantitative estimate of drug-likeness (QED) is 0.695. The Morgan fingerprint density at radius 1 is 1.17 bits per heavy atom. The van der Waals surface area contributed by atoms with Gasteiger partial charge < -0.3 is 14.9 Å². The van der Waals surface area contributed by atoms with E-state index in [2.05, 4.69) is 36.4 Å². The summed E-state index contributed by atoms with van der Waals surface area (Å²) >= 11 is 1.58. The van der Waals surface area contributed by atoms with Crippen molar-refractivity contribution in [3.63, 3.8) is 0 Å². The lowest BCUT2D eigenvalue weighted by atomic mass is 9.91. The summed E-state index contributed by atoms with van der Waals surface area (Å²) in [7, 11) is 0. The van der Waals surface area contributed by atoms with Crippen LogP contribution in [-0.4, -0.2) is 35.3 Å². The van der Waals surface area contributed by atoms with Gasteiger partial charge in [-0.3, -0.25) is 0 Å². The second kappa shape index (κ2) is 8.89. The zero-order valence-electron chi connectivity index (χ0n) is 16.7. The second-order valence-electron chi connectivity index (χ2n) is 8.11. The number of aliphatic hydroxyl groups excluding tert-OH is 2. The van der Waals surface area contributed by atoms with E-state index >= 15 is 0 Å². The third-order valence-electron chi connectivity index (χ3n) is 5.93. The normalized spacial score (nSPS) is 24.3. The van der Waals surface area contributed by atoms with Crippen molar-refractivity contribution in [2.75, 3.05) is 12.9 Å². The molecular formula is C24H27NO3S. The lowest BCUT2D eigenvalue weighted by Gasteiger charge is -2.33. The zero-order chi connectivity index (χ0) is 20.4. The number of hydrogen-bond donors (Lipinski definition) is 2. The fourth-order valence-electron chi connectivity index (χ4n) is 4.17. The second-order valence-corrected chi connectivity index (χ2v) is 8.96. The molecule has 4 nitrogen and oxygen atoms in total. The maximum absolute atomic E-state index is 10.2. The molecule has 2 N–H and O–H groups in total. The molecule has 1 aliphatic heterocycles. The van der Waals surface area contributed by atoms with Crippen molar-refractivity contribution in [2.24, 2.45) is 0 Å². The Morgan fingerprint density at radius 2 is 1.93 bits per heavy atom. The van der Waals surface area contributed by atoms with E-state index in [-0.39, 0.29) is 18.8 Å². The van der Waals surface area contributed by atoms with Crippen LogP contribution in [0.1, 0.15) is 65.5 Å². The van der Waals surface area contributed by atoms with Gasteiger partial charge in [0.25, 0.3) is 0 Å². The zero-order valence-corrected chi connectivity index (χ0v) is 17.5. The Kier molecular flexibility index (Phi) is 6.26. The van der Waals surface area contributed by atoms with Crippen LogP contribution in [0, 0.1) is 11.3 Å². The molecule has 4 rings (SSSR count). The number of nitrogens with zero attached hydrogens (tertiary/aromatic N) is 1. The van der Waals surface area contributed by atoms with Gasteiger partial charge in [-0.2, -0.15) is 5.26 Å². The predicted molar refractivity (Wildman–Crippen MR) is 114 cm³/mol. The molecule has 1 saturated heterocycles. The molecular weight excluding hydrogens is 382 g/mol. The molecule has 2 aromatic rings. The van der Waals surface area contributed by atoms with Gasteiger partial charge in [-0.05, 0) is 59.8 Å². The van der Waals surface area contributed by atoms with E-state index in [0.29, 0.717) is 24.8 Å². The Hall–Kier alpha value is -1.84. The highest BCUT2D eigenvalue weighted by molar-refractivity contribution is 7.98. The highest BCUT2D eigenvalue weighted by atomic mass is 32.2. The molecule has 152 valence electrons. The minimum absolute atomic E-state index is 0.0986. The minimum atomic E-state index is -0.491. The van der Waals surface area contributed by atoms with Crippen LogP contribution in [-0.2, 0) is 11.2 Å². The number of benzene rings is 2. The number of aliphatic hydroxyl groups is 2. The molecule has 0 amide bonds. The van der Waals surface area contributed by atoms with Crippen molar-refractivity contribution in [3.05, 3.63) is 64.2 Å². The van der Waals surface area contributed by atoms with E-state index in [1.807, 2.05) is 12.3 Å². The van der Waals surface area contributed by atoms with Crippen LogP contribution >= 0.6 is 11.8 Å². The molecule has 0 aromatic heterocycles. The lowest BCUT2D eigenvalue weighted by molar-refractivity contribution is -0.114. The summed E-state index contributed by atoms with van der Waals surface area (Å²) in [6.07, 6.45) is 5.10. The van der Waals surface area contributed by atoms with Crippen LogP contribution in [0.2, 0.25) is 0 Å². The lowest BCUT2D eigenvalue weighted by Crippen LogP contribution is -2.33. The largest absolute Gasteiger partial charge is 0.394 e. The van der Waals surface area contributed by atoms with Gasteiger partial charge in [0.2, 0.25) is 0 Å². The molecule has 1 heterocycles. The first-order chi connectivity index (χ1) is 14.1. The molecule has 5 heteroatoms. The van der Waals surface area contributed by atoms with Crippen LogP contribution in [0.15, 0.2) is 41.3 Å². The third-order valence-corrected chi connectivity index (χ3v) is 6.72. The number of nitriles is 1. The minimum Gasteiger partial charge on any atom is -0.394 e.